The van der Waals surface area contributed by atoms with Gasteiger partial charge in [0.2, 0.25) is 0 Å². The maximum absolute atomic E-state index is 13.2. The summed E-state index contributed by atoms with van der Waals surface area (Å²) in [5.41, 5.74) is 0.288. The van der Waals surface area contributed by atoms with Gasteiger partial charge in [-0.3, -0.25) is 34.3 Å². The average molecular weight is 454 g/mol. The molecule has 5 rings (SSSR count). The Morgan fingerprint density at radius 3 is 2.26 bits per heavy atom. The zero-order chi connectivity index (χ0) is 21.9. The highest BCUT2D eigenvalue weighted by Crippen LogP contribution is 2.45. The summed E-state index contributed by atoms with van der Waals surface area (Å²) in [5.74, 6) is -1.75. The predicted octanol–water partition coefficient (Wildman–Crippen LogP) is 4.06. The number of halogens is 1. The number of fused-ring (bicyclic) bond motifs is 1. The first kappa shape index (κ1) is 19.4. The molecule has 3 heterocycles. The van der Waals surface area contributed by atoms with Crippen molar-refractivity contribution in [3.8, 4) is 0 Å². The summed E-state index contributed by atoms with van der Waals surface area (Å²) in [5, 5.41) is 13.4. The van der Waals surface area contributed by atoms with Crippen LogP contribution in [0.5, 0.6) is 0 Å². The summed E-state index contributed by atoms with van der Waals surface area (Å²) >= 11 is 7.37. The molecule has 0 radical (unpaired) electrons. The van der Waals surface area contributed by atoms with Crippen LogP contribution in [0.15, 0.2) is 60.0 Å². The van der Waals surface area contributed by atoms with Gasteiger partial charge < -0.3 is 0 Å². The summed E-state index contributed by atoms with van der Waals surface area (Å²) in [6.07, 6.45) is 0. The van der Waals surface area contributed by atoms with Gasteiger partial charge in [0.1, 0.15) is 12.1 Å². The van der Waals surface area contributed by atoms with E-state index in [2.05, 4.69) is 0 Å². The van der Waals surface area contributed by atoms with Crippen LogP contribution in [0, 0.1) is 10.1 Å². The van der Waals surface area contributed by atoms with Crippen LogP contribution in [0.1, 0.15) is 31.6 Å². The Balaban J connectivity index is 1.55. The summed E-state index contributed by atoms with van der Waals surface area (Å²) in [7, 11) is 0. The topological polar surface area (TPSA) is 101 Å². The van der Waals surface area contributed by atoms with Gasteiger partial charge in [0.05, 0.1) is 16.1 Å². The fourth-order valence-corrected chi connectivity index (χ4v) is 4.94. The molecule has 10 heteroatoms. The first-order chi connectivity index (χ1) is 14.9. The molecule has 0 N–H and O–H groups in total. The van der Waals surface area contributed by atoms with E-state index in [-0.39, 0.29) is 16.8 Å². The lowest BCUT2D eigenvalue weighted by molar-refractivity contribution is -0.384. The van der Waals surface area contributed by atoms with Crippen molar-refractivity contribution in [2.75, 3.05) is 4.90 Å². The summed E-state index contributed by atoms with van der Waals surface area (Å²) < 4.78 is 0. The summed E-state index contributed by atoms with van der Waals surface area (Å²) in [6, 6.07) is 12.3. The molecule has 1 aromatic heterocycles. The number of non-ortho nitro benzene ring substituents is 1. The fourth-order valence-electron chi connectivity index (χ4n) is 3.97. The molecule has 2 atom stereocenters. The normalized spacial score (nSPS) is 20.1. The number of hydrogen-bond acceptors (Lipinski definition) is 6. The minimum absolute atomic E-state index is 0.0540. The molecule has 3 amide bonds. The van der Waals surface area contributed by atoms with Crippen molar-refractivity contribution in [2.24, 2.45) is 0 Å². The van der Waals surface area contributed by atoms with Crippen molar-refractivity contribution in [1.29, 1.82) is 0 Å². The van der Waals surface area contributed by atoms with E-state index in [9.17, 15) is 24.5 Å². The molecule has 0 saturated carbocycles. The van der Waals surface area contributed by atoms with Gasteiger partial charge in [-0.15, -0.1) is 11.3 Å². The predicted molar refractivity (Wildman–Crippen MR) is 113 cm³/mol. The quantitative estimate of drug-likeness (QED) is 0.256. The molecule has 0 unspecified atom stereocenters. The number of thiophene rings is 1. The van der Waals surface area contributed by atoms with Gasteiger partial charge in [0.25, 0.3) is 23.4 Å². The molecule has 2 aliphatic rings. The number of nitro benzene ring substituents is 1. The fraction of sp³-hybridized carbons (Fsp3) is 0.0952. The number of amides is 3. The Labute approximate surface area is 184 Å². The van der Waals surface area contributed by atoms with E-state index in [1.807, 2.05) is 17.5 Å². The van der Waals surface area contributed by atoms with Crippen LogP contribution in [-0.2, 0) is 4.79 Å². The molecule has 0 aliphatic carbocycles. The zero-order valence-corrected chi connectivity index (χ0v) is 17.2. The second-order valence-electron chi connectivity index (χ2n) is 7.06. The first-order valence-corrected chi connectivity index (χ1v) is 10.4. The molecule has 1 saturated heterocycles. The van der Waals surface area contributed by atoms with Crippen LogP contribution in [-0.4, -0.2) is 33.6 Å². The molecule has 0 bridgehead atoms. The Morgan fingerprint density at radius 2 is 1.61 bits per heavy atom. The molecule has 2 aliphatic heterocycles. The van der Waals surface area contributed by atoms with Crippen LogP contribution in [0.25, 0.3) is 0 Å². The number of nitrogens with zero attached hydrogens (tertiary/aromatic N) is 3. The SMILES string of the molecule is O=C1c2ccc([N+](=O)[O-])cc2C(=O)N1[C@@H]1C(=O)N(c2ccc(Cl)cc2)[C@@H]1c1cccs1. The van der Waals surface area contributed by atoms with Gasteiger partial charge in [-0.05, 0) is 41.8 Å². The minimum Gasteiger partial charge on any atom is -0.300 e. The molecule has 2 aromatic carbocycles. The van der Waals surface area contributed by atoms with Gasteiger partial charge in [-0.1, -0.05) is 17.7 Å². The van der Waals surface area contributed by atoms with E-state index in [1.54, 1.807) is 24.3 Å². The summed E-state index contributed by atoms with van der Waals surface area (Å²) in [4.78, 5) is 53.0. The minimum atomic E-state index is -1.04. The highest BCUT2D eigenvalue weighted by atomic mass is 35.5. The van der Waals surface area contributed by atoms with Crippen LogP contribution < -0.4 is 4.90 Å². The number of hydrogen-bond donors (Lipinski definition) is 0. The van der Waals surface area contributed by atoms with Crippen molar-refractivity contribution in [2.45, 2.75) is 12.1 Å². The van der Waals surface area contributed by atoms with Crippen LogP contribution in [0.3, 0.4) is 0 Å². The number of anilines is 1. The van der Waals surface area contributed by atoms with E-state index in [1.165, 1.54) is 28.4 Å². The molecular formula is C21H12ClN3O5S. The van der Waals surface area contributed by atoms with Crippen LogP contribution >= 0.6 is 22.9 Å². The number of rotatable bonds is 4. The van der Waals surface area contributed by atoms with E-state index in [0.717, 1.165) is 15.8 Å². The molecule has 31 heavy (non-hydrogen) atoms. The molecular weight excluding hydrogens is 442 g/mol. The maximum atomic E-state index is 13.2. The second kappa shape index (κ2) is 7.00. The Morgan fingerprint density at radius 1 is 0.903 bits per heavy atom. The standard InChI is InChI=1S/C21H12ClN3O5S/c22-11-3-5-12(6-4-11)23-17(16-2-1-9-31-16)18(21(23)28)24-19(26)14-8-7-13(25(29)30)10-15(14)20(24)27/h1-10,17-18H/t17-,18+/m1/s1. The Bertz CT molecular complexity index is 1260. The lowest BCUT2D eigenvalue weighted by Crippen LogP contribution is -2.66. The number of benzene rings is 2. The number of carbonyl (C=O) groups is 3. The lowest BCUT2D eigenvalue weighted by atomic mass is 9.90. The van der Waals surface area contributed by atoms with Crippen molar-refractivity contribution >= 4 is 52.0 Å². The lowest BCUT2D eigenvalue weighted by Gasteiger charge is -2.49. The zero-order valence-electron chi connectivity index (χ0n) is 15.6. The Kier molecular flexibility index (Phi) is 4.38. The average Bonchev–Trinajstić information content (AvgIpc) is 3.36. The van der Waals surface area contributed by atoms with Gasteiger partial charge in [-0.25, -0.2) is 0 Å². The van der Waals surface area contributed by atoms with Gasteiger partial charge in [0, 0.05) is 27.7 Å². The third-order valence-corrected chi connectivity index (χ3v) is 6.59. The van der Waals surface area contributed by atoms with Gasteiger partial charge in [0.15, 0.2) is 0 Å². The van der Waals surface area contributed by atoms with E-state index < -0.39 is 34.7 Å². The van der Waals surface area contributed by atoms with Crippen LogP contribution in [0.4, 0.5) is 11.4 Å². The van der Waals surface area contributed by atoms with Crippen LogP contribution in [0.2, 0.25) is 5.02 Å². The number of imide groups is 1. The second-order valence-corrected chi connectivity index (χ2v) is 8.47. The highest BCUT2D eigenvalue weighted by molar-refractivity contribution is 7.10. The summed E-state index contributed by atoms with van der Waals surface area (Å²) in [6.45, 7) is 0. The number of carbonyl (C=O) groups excluding carboxylic acids is 3. The van der Waals surface area contributed by atoms with E-state index >= 15 is 0 Å². The first-order valence-electron chi connectivity index (χ1n) is 9.17. The smallest absolute Gasteiger partial charge is 0.270 e. The van der Waals surface area contributed by atoms with Crippen molar-refractivity contribution in [1.82, 2.24) is 4.90 Å². The molecule has 8 nitrogen and oxygen atoms in total. The van der Waals surface area contributed by atoms with E-state index in [0.29, 0.717) is 10.7 Å². The third kappa shape index (κ3) is 2.85. The van der Waals surface area contributed by atoms with E-state index in [4.69, 9.17) is 11.6 Å². The van der Waals surface area contributed by atoms with Gasteiger partial charge in [-0.2, -0.15) is 0 Å². The number of β-lactam (4-membered cyclic amide) rings is 1. The highest BCUT2D eigenvalue weighted by Gasteiger charge is 2.57. The van der Waals surface area contributed by atoms with Crippen molar-refractivity contribution in [3.05, 3.63) is 91.1 Å². The van der Waals surface area contributed by atoms with Crippen molar-refractivity contribution in [3.63, 3.8) is 0 Å². The molecule has 154 valence electrons. The largest absolute Gasteiger partial charge is 0.300 e. The Hall–Kier alpha value is -3.56. The molecule has 0 spiro atoms. The molecule has 3 aromatic rings. The third-order valence-electron chi connectivity index (χ3n) is 5.40. The molecule has 1 fully saturated rings. The monoisotopic (exact) mass is 453 g/mol. The number of nitro groups is 1. The van der Waals surface area contributed by atoms with Crippen molar-refractivity contribution < 1.29 is 19.3 Å². The van der Waals surface area contributed by atoms with Gasteiger partial charge >= 0.3 is 0 Å². The maximum Gasteiger partial charge on any atom is 0.270 e.